The summed E-state index contributed by atoms with van der Waals surface area (Å²) in [7, 11) is 1.74. The Morgan fingerprint density at radius 2 is 2.14 bits per heavy atom. The Hall–Kier alpha value is -3.49. The van der Waals surface area contributed by atoms with E-state index in [1.54, 1.807) is 37.1 Å². The number of aryl methyl sites for hydroxylation is 1. The zero-order chi connectivity index (χ0) is 26.0. The van der Waals surface area contributed by atoms with Gasteiger partial charge in [0.05, 0.1) is 6.54 Å². The number of benzene rings is 1. The van der Waals surface area contributed by atoms with E-state index >= 15 is 4.39 Å². The van der Waals surface area contributed by atoms with Gasteiger partial charge in [0.25, 0.3) is 0 Å². The number of amides is 1. The number of fused-ring (bicyclic) bond motifs is 1. The third kappa shape index (κ3) is 4.92. The Morgan fingerprint density at radius 3 is 2.81 bits per heavy atom. The molecule has 1 aromatic carbocycles. The molecule has 3 aromatic rings. The van der Waals surface area contributed by atoms with Gasteiger partial charge in [0.2, 0.25) is 5.91 Å². The van der Waals surface area contributed by atoms with Gasteiger partial charge >= 0.3 is 6.18 Å². The Kier molecular flexibility index (Phi) is 7.28. The number of carbonyl (C=O) groups excluding carboxylic acids is 1. The van der Waals surface area contributed by atoms with Crippen molar-refractivity contribution in [1.29, 1.82) is 5.26 Å². The molecule has 0 saturated carbocycles. The lowest BCUT2D eigenvalue weighted by Crippen LogP contribution is -2.37. The highest BCUT2D eigenvalue weighted by atomic mass is 32.1. The van der Waals surface area contributed by atoms with Gasteiger partial charge in [0.1, 0.15) is 16.8 Å². The third-order valence-electron chi connectivity index (χ3n) is 6.00. The minimum atomic E-state index is -4.79. The molecule has 4 rings (SSSR count). The lowest BCUT2D eigenvalue weighted by Gasteiger charge is -2.33. The summed E-state index contributed by atoms with van der Waals surface area (Å²) in [5, 5.41) is 16.0. The maximum absolute atomic E-state index is 15.3. The van der Waals surface area contributed by atoms with Crippen molar-refractivity contribution in [1.82, 2.24) is 20.0 Å². The van der Waals surface area contributed by atoms with Crippen LogP contribution in [0.4, 0.5) is 17.6 Å². The first-order valence-electron chi connectivity index (χ1n) is 11.2. The number of nitriles is 1. The highest BCUT2D eigenvalue weighted by Crippen LogP contribution is 2.45. The average molecular weight is 518 g/mol. The summed E-state index contributed by atoms with van der Waals surface area (Å²) in [6.07, 6.45) is -0.489. The van der Waals surface area contributed by atoms with E-state index in [0.29, 0.717) is 22.5 Å². The number of carbonyl (C=O) groups is 1. The van der Waals surface area contributed by atoms with Gasteiger partial charge in [-0.05, 0) is 37.2 Å². The van der Waals surface area contributed by atoms with Crippen LogP contribution in [-0.2, 0) is 24.1 Å². The summed E-state index contributed by atoms with van der Waals surface area (Å²) in [4.78, 5) is 15.6. The molecule has 1 atom stereocenters. The predicted octanol–water partition coefficient (Wildman–Crippen LogP) is 4.91. The molecule has 36 heavy (non-hydrogen) atoms. The Labute approximate surface area is 209 Å². The van der Waals surface area contributed by atoms with Crippen molar-refractivity contribution in [2.75, 3.05) is 20.1 Å². The van der Waals surface area contributed by atoms with E-state index in [1.807, 2.05) is 0 Å². The molecule has 0 aliphatic carbocycles. The summed E-state index contributed by atoms with van der Waals surface area (Å²) in [6, 6.07) is 7.91. The smallest absolute Gasteiger partial charge is 0.333 e. The minimum Gasteiger partial charge on any atom is -0.333 e. The van der Waals surface area contributed by atoms with Crippen molar-refractivity contribution in [3.05, 3.63) is 75.0 Å². The number of alkyl halides is 3. The summed E-state index contributed by atoms with van der Waals surface area (Å²) >= 11 is 1.22. The van der Waals surface area contributed by atoms with Crippen LogP contribution in [-0.4, -0.2) is 40.7 Å². The van der Waals surface area contributed by atoms with Gasteiger partial charge < -0.3 is 10.2 Å². The Morgan fingerprint density at radius 1 is 1.36 bits per heavy atom. The van der Waals surface area contributed by atoms with Crippen LogP contribution in [0.2, 0.25) is 0 Å². The van der Waals surface area contributed by atoms with E-state index in [9.17, 15) is 23.2 Å². The average Bonchev–Trinajstić information content (AvgIpc) is 3.47. The number of hydrogen-bond acceptors (Lipinski definition) is 5. The molecular formula is C25H23F4N5OS. The molecule has 188 valence electrons. The fourth-order valence-electron chi connectivity index (χ4n) is 4.38. The van der Waals surface area contributed by atoms with Crippen LogP contribution in [0.5, 0.6) is 0 Å². The van der Waals surface area contributed by atoms with Crippen molar-refractivity contribution in [3.63, 3.8) is 0 Å². The number of thiophene rings is 1. The third-order valence-corrected chi connectivity index (χ3v) is 7.04. The van der Waals surface area contributed by atoms with Crippen LogP contribution in [0.3, 0.4) is 0 Å². The van der Waals surface area contributed by atoms with Gasteiger partial charge in [-0.1, -0.05) is 18.2 Å². The molecule has 1 aliphatic rings. The molecule has 0 saturated heterocycles. The van der Waals surface area contributed by atoms with Gasteiger partial charge in [-0.25, -0.2) is 4.39 Å². The van der Waals surface area contributed by atoms with Gasteiger partial charge in [0.15, 0.2) is 5.69 Å². The van der Waals surface area contributed by atoms with Crippen LogP contribution in [0.25, 0.3) is 11.1 Å². The second kappa shape index (κ2) is 10.2. The first-order valence-corrected chi connectivity index (χ1v) is 12.1. The van der Waals surface area contributed by atoms with Gasteiger partial charge in [-0.2, -0.15) is 23.5 Å². The molecule has 6 nitrogen and oxygen atoms in total. The SMILES string of the molecule is CCn1cc(-c2c(F)cccc2[C@@H]2CN(C(=O)/C=C/CNC)Cc3sc(C#N)cc32)c(C(F)(F)F)n1. The number of aromatic nitrogens is 2. The van der Waals surface area contributed by atoms with Crippen molar-refractivity contribution in [2.45, 2.75) is 32.1 Å². The molecule has 1 aliphatic heterocycles. The van der Waals surface area contributed by atoms with Crippen LogP contribution in [0.1, 0.15) is 39.4 Å². The molecule has 0 radical (unpaired) electrons. The Bertz CT molecular complexity index is 1350. The van der Waals surface area contributed by atoms with Crippen LogP contribution >= 0.6 is 11.3 Å². The molecule has 0 spiro atoms. The summed E-state index contributed by atoms with van der Waals surface area (Å²) < 4.78 is 58.1. The highest BCUT2D eigenvalue weighted by molar-refractivity contribution is 7.12. The molecule has 2 aromatic heterocycles. The molecular weight excluding hydrogens is 494 g/mol. The lowest BCUT2D eigenvalue weighted by atomic mass is 9.83. The van der Waals surface area contributed by atoms with Crippen molar-refractivity contribution in [3.8, 4) is 17.2 Å². The summed E-state index contributed by atoms with van der Waals surface area (Å²) in [5.41, 5.74) is -0.713. The molecule has 1 N–H and O–H groups in total. The first-order chi connectivity index (χ1) is 17.2. The molecule has 11 heteroatoms. The molecule has 1 amide bonds. The maximum atomic E-state index is 15.3. The Balaban J connectivity index is 1.88. The van der Waals surface area contributed by atoms with E-state index in [1.165, 1.54) is 29.7 Å². The van der Waals surface area contributed by atoms with Gasteiger partial charge in [-0.15, -0.1) is 11.3 Å². The minimum absolute atomic E-state index is 0.122. The highest BCUT2D eigenvalue weighted by Gasteiger charge is 2.40. The second-order valence-electron chi connectivity index (χ2n) is 8.28. The molecule has 0 unspecified atom stereocenters. The number of nitrogens with zero attached hydrogens (tertiary/aromatic N) is 4. The standard InChI is InChI=1S/C25H23F4N5OS/c1-3-34-13-19(24(32-34)25(27,28)29)23-16(6-4-7-20(23)26)18-12-33(22(35)8-5-9-31-2)14-21-17(18)10-15(11-30)36-21/h4-8,10,13,18,31H,3,9,12,14H2,1-2H3/b8-5+/t18-/m0/s1. The number of likely N-dealkylation sites (N-methyl/N-ethyl adjacent to an activating group) is 1. The number of rotatable bonds is 6. The van der Waals surface area contributed by atoms with E-state index in [4.69, 9.17) is 0 Å². The summed E-state index contributed by atoms with van der Waals surface area (Å²) in [5.74, 6) is -1.73. The van der Waals surface area contributed by atoms with Crippen LogP contribution < -0.4 is 5.32 Å². The topological polar surface area (TPSA) is 74.0 Å². The summed E-state index contributed by atoms with van der Waals surface area (Å²) in [6.45, 7) is 2.69. The van der Waals surface area contributed by atoms with Crippen molar-refractivity contribution < 1.29 is 22.4 Å². The molecule has 0 fully saturated rings. The second-order valence-corrected chi connectivity index (χ2v) is 9.42. The number of nitrogens with one attached hydrogen (secondary N) is 1. The molecule has 0 bridgehead atoms. The van der Waals surface area contributed by atoms with E-state index in [0.717, 1.165) is 15.6 Å². The van der Waals surface area contributed by atoms with Crippen LogP contribution in [0, 0.1) is 17.1 Å². The fourth-order valence-corrected chi connectivity index (χ4v) is 5.42. The van der Waals surface area contributed by atoms with E-state index in [-0.39, 0.29) is 36.7 Å². The first kappa shape index (κ1) is 25.6. The van der Waals surface area contributed by atoms with Crippen molar-refractivity contribution >= 4 is 17.2 Å². The molecule has 3 heterocycles. The van der Waals surface area contributed by atoms with E-state index in [2.05, 4.69) is 16.5 Å². The van der Waals surface area contributed by atoms with Crippen molar-refractivity contribution in [2.24, 2.45) is 0 Å². The van der Waals surface area contributed by atoms with Gasteiger partial charge in [0, 0.05) is 53.8 Å². The van der Waals surface area contributed by atoms with Gasteiger partial charge in [-0.3, -0.25) is 9.48 Å². The van der Waals surface area contributed by atoms with Crippen LogP contribution in [0.15, 0.2) is 42.6 Å². The zero-order valence-electron chi connectivity index (χ0n) is 19.6. The zero-order valence-corrected chi connectivity index (χ0v) is 20.4. The monoisotopic (exact) mass is 517 g/mol. The number of halogens is 4. The lowest BCUT2D eigenvalue weighted by molar-refractivity contribution is -0.141. The maximum Gasteiger partial charge on any atom is 0.435 e. The quantitative estimate of drug-likeness (QED) is 0.373. The normalized spacial score (nSPS) is 15.8. The van der Waals surface area contributed by atoms with E-state index < -0.39 is 23.6 Å². The fraction of sp³-hybridized carbons (Fsp3) is 0.320. The number of hydrogen-bond donors (Lipinski definition) is 1. The predicted molar refractivity (Wildman–Crippen MR) is 128 cm³/mol. The largest absolute Gasteiger partial charge is 0.435 e.